The lowest BCUT2D eigenvalue weighted by molar-refractivity contribution is -0.373. The second kappa shape index (κ2) is 18.7. The summed E-state index contributed by atoms with van der Waals surface area (Å²) < 4.78 is 57.8. The second-order valence-electron chi connectivity index (χ2n) is 23.1. The molecule has 9 aliphatic rings. The van der Waals surface area contributed by atoms with E-state index in [1.165, 1.54) is 36.9 Å². The zero-order chi connectivity index (χ0) is 54.8. The van der Waals surface area contributed by atoms with Crippen molar-refractivity contribution in [3.8, 4) is 29.1 Å². The lowest BCUT2D eigenvalue weighted by Gasteiger charge is -2.63. The van der Waals surface area contributed by atoms with Crippen LogP contribution < -0.4 is 24.7 Å². The molecule has 6 heterocycles. The fraction of sp³-hybridized carbons (Fsp3) is 0.525. The Morgan fingerprint density at radius 1 is 0.974 bits per heavy atom. The average Bonchev–Trinajstić information content (AvgIpc) is 3.60. The molecule has 17 heteroatoms. The molecule has 3 saturated heterocycles. The number of esters is 2. The first-order chi connectivity index (χ1) is 35.8. The third-order valence-electron chi connectivity index (χ3n) is 16.6. The number of rotatable bonds is 12. The maximum atomic E-state index is 15.7. The van der Waals surface area contributed by atoms with Crippen molar-refractivity contribution in [1.82, 2.24) is 4.90 Å². The number of aliphatic hydroxyl groups excluding tert-OH is 2. The third-order valence-corrected chi connectivity index (χ3v) is 16.6. The molecule has 6 aliphatic heterocycles. The van der Waals surface area contributed by atoms with Gasteiger partial charge in [0, 0.05) is 47.9 Å². The highest BCUT2D eigenvalue weighted by atomic mass is 16.8. The van der Waals surface area contributed by atoms with Crippen LogP contribution in [0.15, 0.2) is 82.3 Å². The van der Waals surface area contributed by atoms with Crippen LogP contribution in [0.5, 0.6) is 23.0 Å². The predicted octanol–water partition coefficient (Wildman–Crippen LogP) is 7.68. The van der Waals surface area contributed by atoms with Gasteiger partial charge in [-0.05, 0) is 131 Å². The van der Waals surface area contributed by atoms with Crippen LogP contribution in [-0.4, -0.2) is 112 Å². The van der Waals surface area contributed by atoms with Crippen LogP contribution in [0.4, 0.5) is 0 Å². The summed E-state index contributed by atoms with van der Waals surface area (Å²) in [7, 11) is 3.06. The van der Waals surface area contributed by atoms with Crippen LogP contribution in [0, 0.1) is 29.1 Å². The molecule has 2 aromatic carbocycles. The number of benzene rings is 2. The molecule has 17 nitrogen and oxygen atoms in total. The lowest BCUT2D eigenvalue weighted by Crippen LogP contribution is -2.75. The Labute approximate surface area is 443 Å². The van der Waals surface area contributed by atoms with Gasteiger partial charge in [0.25, 0.3) is 0 Å². The van der Waals surface area contributed by atoms with Crippen LogP contribution in [0.2, 0.25) is 0 Å². The molecule has 11 rings (SSSR count). The van der Waals surface area contributed by atoms with Gasteiger partial charge in [0.05, 0.1) is 53.3 Å². The summed E-state index contributed by atoms with van der Waals surface area (Å²) >= 11 is 0. The molecule has 76 heavy (non-hydrogen) atoms. The molecule has 2 aromatic rings. The van der Waals surface area contributed by atoms with Gasteiger partial charge in [-0.1, -0.05) is 29.4 Å². The molecule has 3 saturated carbocycles. The van der Waals surface area contributed by atoms with Crippen molar-refractivity contribution in [2.75, 3.05) is 20.8 Å². The quantitative estimate of drug-likeness (QED) is 0.0802. The summed E-state index contributed by atoms with van der Waals surface area (Å²) in [6.45, 7) is 19.2. The summed E-state index contributed by atoms with van der Waals surface area (Å²) in [5.74, 6) is -3.42. The van der Waals surface area contributed by atoms with E-state index in [2.05, 4.69) is 18.2 Å². The number of Topliss-reactive ketones (excluding diaryl/α,β-unsaturated/α-hetero) is 1. The van der Waals surface area contributed by atoms with Crippen molar-refractivity contribution in [3.63, 3.8) is 0 Å². The van der Waals surface area contributed by atoms with Gasteiger partial charge < -0.3 is 63.5 Å². The molecular weight excluding hydrogens is 975 g/mol. The molecule has 0 radical (unpaired) electrons. The fourth-order valence-corrected chi connectivity index (χ4v) is 12.9. The van der Waals surface area contributed by atoms with Gasteiger partial charge in [-0.15, -0.1) is 0 Å². The van der Waals surface area contributed by atoms with Gasteiger partial charge >= 0.3 is 11.9 Å². The first-order valence-corrected chi connectivity index (χ1v) is 26.1. The molecule has 11 atom stereocenters. The molecule has 6 fully saturated rings. The Kier molecular flexibility index (Phi) is 13.1. The predicted molar refractivity (Wildman–Crippen MR) is 277 cm³/mol. The van der Waals surface area contributed by atoms with Crippen molar-refractivity contribution < 1.29 is 67.2 Å². The maximum Gasteiger partial charge on any atom is 0.343 e. The van der Waals surface area contributed by atoms with E-state index >= 15 is 4.79 Å². The minimum absolute atomic E-state index is 0.0566. The zero-order valence-electron chi connectivity index (χ0n) is 45.3. The largest absolute Gasteiger partial charge is 0.482 e. The van der Waals surface area contributed by atoms with E-state index in [1.54, 1.807) is 38.8 Å². The number of ketones is 1. The van der Waals surface area contributed by atoms with Crippen LogP contribution >= 0.6 is 0 Å². The van der Waals surface area contributed by atoms with Gasteiger partial charge in [-0.25, -0.2) is 9.59 Å². The van der Waals surface area contributed by atoms with E-state index in [0.717, 1.165) is 12.0 Å². The average molecular weight is 1040 g/mol. The maximum absolute atomic E-state index is 15.7. The summed E-state index contributed by atoms with van der Waals surface area (Å²) in [5, 5.41) is 33.1. The highest BCUT2D eigenvalue weighted by Gasteiger charge is 2.84. The number of carbonyl (C=O) groups excluding carboxylic acids is 3. The zero-order valence-corrected chi connectivity index (χ0v) is 45.3. The fourth-order valence-electron chi connectivity index (χ4n) is 12.9. The van der Waals surface area contributed by atoms with Crippen LogP contribution in [0.25, 0.3) is 11.8 Å². The second-order valence-corrected chi connectivity index (χ2v) is 23.1. The van der Waals surface area contributed by atoms with Gasteiger partial charge in [0.2, 0.25) is 6.29 Å². The molecule has 0 aromatic heterocycles. The van der Waals surface area contributed by atoms with Crippen LogP contribution in [0.1, 0.15) is 122 Å². The summed E-state index contributed by atoms with van der Waals surface area (Å²) in [6.07, 6.45) is 6.04. The van der Waals surface area contributed by atoms with E-state index in [9.17, 15) is 25.1 Å². The summed E-state index contributed by atoms with van der Waals surface area (Å²) in [5.41, 5.74) is 7.39. The number of allylic oxidation sites excluding steroid dienone is 5. The highest BCUT2D eigenvalue weighted by Crippen LogP contribution is 2.74. The molecule has 1 spiro atoms. The van der Waals surface area contributed by atoms with Crippen molar-refractivity contribution in [1.29, 1.82) is 5.26 Å². The SMILES string of the molecule is COC(=O)/C(C)=C\CC12OC(C)(C)[C@H]3C[C@H](C1=O)C1C(C#N)=C(N)N(C)C4=C1C32Oc1c(CC=C(C)C)c2c(c(OC(=O)c3ccc(O[C@@H]5O[C@@H]6COC(C)(C)O[C@H]6[C@H](O)[C@H]5O)cc3)c14)C=CC(C)(CCC=C(C)C)O2. The van der Waals surface area contributed by atoms with E-state index in [4.69, 9.17) is 48.4 Å². The lowest BCUT2D eigenvalue weighted by atomic mass is 9.44. The summed E-state index contributed by atoms with van der Waals surface area (Å²) in [4.78, 5) is 45.3. The van der Waals surface area contributed by atoms with E-state index < -0.39 is 88.6 Å². The highest BCUT2D eigenvalue weighted by molar-refractivity contribution is 6.02. The number of carbonyl (C=O) groups is 3. The van der Waals surface area contributed by atoms with E-state index in [-0.39, 0.29) is 52.8 Å². The Morgan fingerprint density at radius 2 is 1.68 bits per heavy atom. The van der Waals surface area contributed by atoms with Gasteiger partial charge in [0.1, 0.15) is 53.1 Å². The van der Waals surface area contributed by atoms with Crippen molar-refractivity contribution >= 4 is 29.5 Å². The minimum atomic E-state index is -1.71. The Morgan fingerprint density at radius 3 is 2.36 bits per heavy atom. The number of fused-ring (bicyclic) bond motifs is 4. The van der Waals surface area contributed by atoms with E-state index in [0.29, 0.717) is 58.7 Å². The Hall–Kier alpha value is -6.26. The molecule has 4 N–H and O–H groups in total. The molecule has 404 valence electrons. The first kappa shape index (κ1) is 53.2. The standard InChI is InChI=1S/C59H69N3O14/c1-29(2)14-13-23-57(10)24-22-35-46(74-57)34(20-15-30(3)4)48-41(47(35)72-53(67)32-16-18-33(19-17-32)70-54-45(64)44(63)49-38(71-54)28-69-56(8,9)73-49)43-42-40(37(27-60)51(61)62(43)11)36-26-39-55(6,7)76-58(50(36)65,59(39,42)75-48)25-21-31(5)52(66)68-12/h14-19,21-22,24,36,38-40,44-45,49,54,63-64H,13,20,23,25-26,28,61H2,1-12H3/b31-21-/t36-,38+,39+,40?,44+,45+,49+,54+,57?,58?,59?/m0/s1. The number of hydrogen-bond acceptors (Lipinski definition) is 17. The molecule has 0 amide bonds. The Bertz CT molecular complexity index is 3040. The topological polar surface area (TPSA) is 228 Å². The minimum Gasteiger partial charge on any atom is -0.482 e. The number of nitriles is 1. The first-order valence-electron chi connectivity index (χ1n) is 26.1. The number of nitrogens with two attached hydrogens (primary N) is 1. The molecule has 4 unspecified atom stereocenters. The van der Waals surface area contributed by atoms with Crippen LogP contribution in [0.3, 0.4) is 0 Å². The number of ether oxygens (including phenoxy) is 9. The van der Waals surface area contributed by atoms with Crippen molar-refractivity contribution in [3.05, 3.63) is 105 Å². The number of methoxy groups -OCH3 is 1. The smallest absolute Gasteiger partial charge is 0.343 e. The van der Waals surface area contributed by atoms with Crippen molar-refractivity contribution in [2.24, 2.45) is 23.5 Å². The van der Waals surface area contributed by atoms with Crippen molar-refractivity contribution in [2.45, 2.75) is 160 Å². The monoisotopic (exact) mass is 1040 g/mol. The van der Waals surface area contributed by atoms with Crippen LogP contribution in [-0.2, 0) is 39.7 Å². The van der Waals surface area contributed by atoms with E-state index in [1.807, 2.05) is 60.6 Å². The molecule has 4 bridgehead atoms. The Balaban J connectivity index is 1.15. The molecular formula is C59H69N3O14. The van der Waals surface area contributed by atoms with Gasteiger partial charge in [-0.2, -0.15) is 5.26 Å². The summed E-state index contributed by atoms with van der Waals surface area (Å²) in [6, 6.07) is 8.47. The number of aliphatic hydroxyl groups is 2. The van der Waals surface area contributed by atoms with Gasteiger partial charge in [0.15, 0.2) is 28.5 Å². The normalized spacial score (nSPS) is 32.9. The number of hydrogen-bond donors (Lipinski definition) is 3. The number of nitrogens with zero attached hydrogens (tertiary/aromatic N) is 2. The molecule has 3 aliphatic carbocycles. The van der Waals surface area contributed by atoms with Gasteiger partial charge in [-0.3, -0.25) is 4.79 Å². The third kappa shape index (κ3) is 8.21.